The Hall–Kier alpha value is -1.41. The predicted octanol–water partition coefficient (Wildman–Crippen LogP) is 2.85. The van der Waals surface area contributed by atoms with Crippen molar-refractivity contribution in [2.75, 3.05) is 0 Å². The first-order chi connectivity index (χ1) is 7.22. The highest BCUT2D eigenvalue weighted by atomic mass is 16.3. The molecule has 0 fully saturated rings. The van der Waals surface area contributed by atoms with E-state index < -0.39 is 6.10 Å². The smallest absolute Gasteiger partial charge is 0.0762 e. The summed E-state index contributed by atoms with van der Waals surface area (Å²) in [5, 5.41) is 11.8. The topological polar surface area (TPSA) is 33.1 Å². The summed E-state index contributed by atoms with van der Waals surface area (Å²) in [5.41, 5.74) is 2.20. The lowest BCUT2D eigenvalue weighted by Gasteiger charge is -2.08. The molecule has 1 unspecified atom stereocenters. The Kier molecular flexibility index (Phi) is 2.69. The fourth-order valence-electron chi connectivity index (χ4n) is 1.80. The lowest BCUT2D eigenvalue weighted by molar-refractivity contribution is 0.199. The molecule has 1 aromatic carbocycles. The van der Waals surface area contributed by atoms with Crippen molar-refractivity contribution in [1.29, 1.82) is 0 Å². The molecular weight excluding hydrogens is 186 g/mol. The highest BCUT2D eigenvalue weighted by molar-refractivity contribution is 5.85. The van der Waals surface area contributed by atoms with Crippen LogP contribution in [0.2, 0.25) is 0 Å². The summed E-state index contributed by atoms with van der Waals surface area (Å²) in [7, 11) is 0. The van der Waals surface area contributed by atoms with Gasteiger partial charge in [0.05, 0.1) is 6.10 Å². The van der Waals surface area contributed by atoms with Crippen LogP contribution in [-0.2, 0) is 6.42 Å². The molecule has 1 N–H and O–H groups in total. The van der Waals surface area contributed by atoms with Crippen molar-refractivity contribution in [3.63, 3.8) is 0 Å². The fraction of sp³-hybridized carbons (Fsp3) is 0.308. The van der Waals surface area contributed by atoms with Crippen molar-refractivity contribution in [2.24, 2.45) is 0 Å². The Labute approximate surface area is 89.6 Å². The molecule has 2 heteroatoms. The molecular formula is C13H15NO. The molecule has 1 aromatic heterocycles. The first-order valence-electron chi connectivity index (χ1n) is 5.27. The maximum Gasteiger partial charge on any atom is 0.0762 e. The van der Waals surface area contributed by atoms with Crippen molar-refractivity contribution in [2.45, 2.75) is 26.4 Å². The highest BCUT2D eigenvalue weighted by Crippen LogP contribution is 2.22. The van der Waals surface area contributed by atoms with Crippen LogP contribution >= 0.6 is 0 Å². The summed E-state index contributed by atoms with van der Waals surface area (Å²) >= 11 is 0. The highest BCUT2D eigenvalue weighted by Gasteiger charge is 2.04. The minimum atomic E-state index is -0.417. The van der Waals surface area contributed by atoms with Crippen LogP contribution in [0.15, 0.2) is 30.6 Å². The molecule has 0 aliphatic rings. The molecule has 15 heavy (non-hydrogen) atoms. The van der Waals surface area contributed by atoms with Crippen LogP contribution in [0.3, 0.4) is 0 Å². The van der Waals surface area contributed by atoms with Gasteiger partial charge < -0.3 is 5.11 Å². The third-order valence-electron chi connectivity index (χ3n) is 2.73. The van der Waals surface area contributed by atoms with Crippen molar-refractivity contribution in [1.82, 2.24) is 4.98 Å². The second-order valence-corrected chi connectivity index (χ2v) is 3.81. The zero-order valence-corrected chi connectivity index (χ0v) is 9.07. The monoisotopic (exact) mass is 201 g/mol. The van der Waals surface area contributed by atoms with Gasteiger partial charge in [-0.15, -0.1) is 0 Å². The van der Waals surface area contributed by atoms with Crippen LogP contribution < -0.4 is 0 Å². The van der Waals surface area contributed by atoms with Crippen LogP contribution in [-0.4, -0.2) is 10.1 Å². The van der Waals surface area contributed by atoms with Crippen LogP contribution in [0, 0.1) is 0 Å². The third kappa shape index (κ3) is 1.85. The molecule has 0 aliphatic carbocycles. The van der Waals surface area contributed by atoms with E-state index in [4.69, 9.17) is 0 Å². The van der Waals surface area contributed by atoms with Crippen LogP contribution in [0.25, 0.3) is 10.8 Å². The molecule has 0 radical (unpaired) electrons. The predicted molar refractivity (Wildman–Crippen MR) is 61.8 cm³/mol. The van der Waals surface area contributed by atoms with Gasteiger partial charge in [-0.05, 0) is 35.9 Å². The Morgan fingerprint density at radius 2 is 2.13 bits per heavy atom. The molecule has 1 heterocycles. The number of benzene rings is 1. The van der Waals surface area contributed by atoms with Gasteiger partial charge in [0, 0.05) is 17.8 Å². The summed E-state index contributed by atoms with van der Waals surface area (Å²) in [4.78, 5) is 4.20. The number of hydrogen-bond donors (Lipinski definition) is 1. The number of hydrogen-bond acceptors (Lipinski definition) is 2. The van der Waals surface area contributed by atoms with E-state index in [1.54, 1.807) is 6.92 Å². The van der Waals surface area contributed by atoms with E-state index in [1.165, 1.54) is 10.9 Å². The number of rotatable bonds is 2. The average Bonchev–Trinajstić information content (AvgIpc) is 2.27. The van der Waals surface area contributed by atoms with E-state index in [1.807, 2.05) is 24.5 Å². The summed E-state index contributed by atoms with van der Waals surface area (Å²) in [5.74, 6) is 0. The quantitative estimate of drug-likeness (QED) is 0.810. The molecule has 2 aromatic rings. The second kappa shape index (κ2) is 3.99. The number of pyridine rings is 1. The average molecular weight is 201 g/mol. The van der Waals surface area contributed by atoms with E-state index in [-0.39, 0.29) is 0 Å². The lowest BCUT2D eigenvalue weighted by atomic mass is 10.0. The summed E-state index contributed by atoms with van der Waals surface area (Å²) in [6.07, 6.45) is 4.32. The standard InChI is InChI=1S/C13H15NO/c1-3-10-7-14-8-12-6-11(9(2)15)4-5-13(10)12/h4-9,15H,3H2,1-2H3. The Balaban J connectivity index is 2.63. The van der Waals surface area contributed by atoms with Gasteiger partial charge in [-0.3, -0.25) is 4.98 Å². The molecule has 0 aliphatic heterocycles. The number of aliphatic hydroxyl groups is 1. The maximum atomic E-state index is 9.49. The maximum absolute atomic E-state index is 9.49. The fourth-order valence-corrected chi connectivity index (χ4v) is 1.80. The number of aryl methyl sites for hydroxylation is 1. The van der Waals surface area contributed by atoms with Crippen LogP contribution in [0.4, 0.5) is 0 Å². The van der Waals surface area contributed by atoms with Gasteiger partial charge in [-0.25, -0.2) is 0 Å². The molecule has 0 saturated heterocycles. The van der Waals surface area contributed by atoms with E-state index in [0.29, 0.717) is 0 Å². The van der Waals surface area contributed by atoms with Gasteiger partial charge in [-0.1, -0.05) is 19.1 Å². The SMILES string of the molecule is CCc1cncc2cc(C(C)O)ccc12. The van der Waals surface area contributed by atoms with Gasteiger partial charge in [0.15, 0.2) is 0 Å². The van der Waals surface area contributed by atoms with Crippen molar-refractivity contribution in [3.05, 3.63) is 41.7 Å². The first kappa shape index (κ1) is 10.1. The molecule has 1 atom stereocenters. The van der Waals surface area contributed by atoms with E-state index in [9.17, 15) is 5.11 Å². The van der Waals surface area contributed by atoms with Crippen molar-refractivity contribution >= 4 is 10.8 Å². The lowest BCUT2D eigenvalue weighted by Crippen LogP contribution is -1.92. The largest absolute Gasteiger partial charge is 0.389 e. The van der Waals surface area contributed by atoms with E-state index >= 15 is 0 Å². The van der Waals surface area contributed by atoms with Crippen molar-refractivity contribution in [3.8, 4) is 0 Å². The first-order valence-corrected chi connectivity index (χ1v) is 5.27. The summed E-state index contributed by atoms with van der Waals surface area (Å²) in [6, 6.07) is 6.05. The Morgan fingerprint density at radius 1 is 1.33 bits per heavy atom. The zero-order chi connectivity index (χ0) is 10.8. The molecule has 2 nitrogen and oxygen atoms in total. The van der Waals surface area contributed by atoms with Gasteiger partial charge in [-0.2, -0.15) is 0 Å². The number of aromatic nitrogens is 1. The Morgan fingerprint density at radius 3 is 2.80 bits per heavy atom. The van der Waals surface area contributed by atoms with Crippen LogP contribution in [0.1, 0.15) is 31.1 Å². The van der Waals surface area contributed by atoms with E-state index in [2.05, 4.69) is 18.0 Å². The normalized spacial score (nSPS) is 13.0. The van der Waals surface area contributed by atoms with Gasteiger partial charge in [0.2, 0.25) is 0 Å². The number of fused-ring (bicyclic) bond motifs is 1. The van der Waals surface area contributed by atoms with Gasteiger partial charge in [0.1, 0.15) is 0 Å². The molecule has 78 valence electrons. The zero-order valence-electron chi connectivity index (χ0n) is 9.07. The third-order valence-corrected chi connectivity index (χ3v) is 2.73. The molecule has 0 amide bonds. The van der Waals surface area contributed by atoms with Gasteiger partial charge in [0.25, 0.3) is 0 Å². The van der Waals surface area contributed by atoms with Crippen LogP contribution in [0.5, 0.6) is 0 Å². The number of aliphatic hydroxyl groups excluding tert-OH is 1. The second-order valence-electron chi connectivity index (χ2n) is 3.81. The minimum absolute atomic E-state index is 0.417. The Bertz CT molecular complexity index is 477. The molecule has 0 bridgehead atoms. The number of nitrogens with zero attached hydrogens (tertiary/aromatic N) is 1. The molecule has 2 rings (SSSR count). The molecule has 0 spiro atoms. The van der Waals surface area contributed by atoms with Crippen molar-refractivity contribution < 1.29 is 5.11 Å². The van der Waals surface area contributed by atoms with E-state index in [0.717, 1.165) is 17.4 Å². The summed E-state index contributed by atoms with van der Waals surface area (Å²) < 4.78 is 0. The summed E-state index contributed by atoms with van der Waals surface area (Å²) in [6.45, 7) is 3.90. The van der Waals surface area contributed by atoms with Gasteiger partial charge >= 0.3 is 0 Å². The molecule has 0 saturated carbocycles. The minimum Gasteiger partial charge on any atom is -0.389 e.